The van der Waals surface area contributed by atoms with Crippen LogP contribution >= 0.6 is 0 Å². The number of anilines is 1. The first-order valence-electron chi connectivity index (χ1n) is 6.54. The van der Waals surface area contributed by atoms with Gasteiger partial charge in [-0.25, -0.2) is 4.98 Å². The Balaban J connectivity index is 1.93. The van der Waals surface area contributed by atoms with Crippen LogP contribution in [0.15, 0.2) is 18.2 Å². The zero-order valence-corrected chi connectivity index (χ0v) is 10.6. The maximum Gasteiger partial charge on any atom is 0.106 e. The fourth-order valence-corrected chi connectivity index (χ4v) is 2.97. The second kappa shape index (κ2) is 4.28. The Bertz CT molecular complexity index is 576. The van der Waals surface area contributed by atoms with Gasteiger partial charge in [0.25, 0.3) is 0 Å². The van der Waals surface area contributed by atoms with Crippen LogP contribution in [0.25, 0.3) is 11.0 Å². The molecule has 1 aromatic carbocycles. The fourth-order valence-electron chi connectivity index (χ4n) is 2.97. The molecule has 1 saturated carbocycles. The highest BCUT2D eigenvalue weighted by atomic mass is 16.3. The van der Waals surface area contributed by atoms with Gasteiger partial charge >= 0.3 is 0 Å². The highest BCUT2D eigenvalue weighted by Gasteiger charge is 2.24. The molecule has 0 saturated heterocycles. The van der Waals surface area contributed by atoms with E-state index < -0.39 is 0 Å². The van der Waals surface area contributed by atoms with Gasteiger partial charge in [-0.05, 0) is 50.3 Å². The van der Waals surface area contributed by atoms with Crippen LogP contribution in [0.5, 0.6) is 0 Å². The predicted octanol–water partition coefficient (Wildman–Crippen LogP) is 2.09. The molecule has 2 aromatic rings. The molecule has 2 unspecified atom stereocenters. The zero-order chi connectivity index (χ0) is 12.7. The minimum absolute atomic E-state index is 0.110. The Kier molecular flexibility index (Phi) is 2.74. The maximum absolute atomic E-state index is 9.61. The first kappa shape index (κ1) is 11.5. The Morgan fingerprint density at radius 3 is 3.00 bits per heavy atom. The lowest BCUT2D eigenvalue weighted by atomic mass is 10.1. The molecule has 1 heterocycles. The second-order valence-corrected chi connectivity index (χ2v) is 5.35. The van der Waals surface area contributed by atoms with Crippen LogP contribution in [-0.4, -0.2) is 20.8 Å². The largest absolute Gasteiger partial charge is 0.399 e. The van der Waals surface area contributed by atoms with Crippen LogP contribution in [0, 0.1) is 12.8 Å². The minimum Gasteiger partial charge on any atom is -0.399 e. The van der Waals surface area contributed by atoms with Crippen LogP contribution in [0.4, 0.5) is 5.69 Å². The Morgan fingerprint density at radius 1 is 1.44 bits per heavy atom. The van der Waals surface area contributed by atoms with Gasteiger partial charge in [0.15, 0.2) is 0 Å². The number of imidazole rings is 1. The van der Waals surface area contributed by atoms with Gasteiger partial charge < -0.3 is 15.4 Å². The quantitative estimate of drug-likeness (QED) is 0.796. The average Bonchev–Trinajstić information content (AvgIpc) is 2.84. The van der Waals surface area contributed by atoms with Crippen molar-refractivity contribution in [2.45, 2.75) is 38.8 Å². The van der Waals surface area contributed by atoms with Crippen molar-refractivity contribution in [1.29, 1.82) is 0 Å². The molecule has 1 fully saturated rings. The highest BCUT2D eigenvalue weighted by Crippen LogP contribution is 2.29. The van der Waals surface area contributed by atoms with Crippen LogP contribution < -0.4 is 5.73 Å². The second-order valence-electron chi connectivity index (χ2n) is 5.35. The van der Waals surface area contributed by atoms with Crippen molar-refractivity contribution in [3.05, 3.63) is 24.0 Å². The molecule has 0 bridgehead atoms. The smallest absolute Gasteiger partial charge is 0.106 e. The van der Waals surface area contributed by atoms with E-state index in [1.54, 1.807) is 0 Å². The summed E-state index contributed by atoms with van der Waals surface area (Å²) in [6.07, 6.45) is 2.84. The summed E-state index contributed by atoms with van der Waals surface area (Å²) in [7, 11) is 0. The predicted molar refractivity (Wildman–Crippen MR) is 72.2 cm³/mol. The number of hydrogen-bond donors (Lipinski definition) is 2. The number of fused-ring (bicyclic) bond motifs is 1. The topological polar surface area (TPSA) is 64.1 Å². The molecule has 3 N–H and O–H groups in total. The van der Waals surface area contributed by atoms with E-state index in [-0.39, 0.29) is 6.10 Å². The number of nitrogens with zero attached hydrogens (tertiary/aromatic N) is 2. The first-order chi connectivity index (χ1) is 8.63. The number of aromatic nitrogens is 2. The molecule has 1 aromatic heterocycles. The van der Waals surface area contributed by atoms with Gasteiger partial charge in [-0.2, -0.15) is 0 Å². The van der Waals surface area contributed by atoms with Crippen LogP contribution in [0.2, 0.25) is 0 Å². The lowest BCUT2D eigenvalue weighted by molar-refractivity contribution is 0.176. The summed E-state index contributed by atoms with van der Waals surface area (Å²) in [5.74, 6) is 1.59. The Labute approximate surface area is 106 Å². The van der Waals surface area contributed by atoms with Gasteiger partial charge in [0, 0.05) is 12.2 Å². The van der Waals surface area contributed by atoms with Gasteiger partial charge in [-0.3, -0.25) is 0 Å². The molecule has 18 heavy (non-hydrogen) atoms. The fraction of sp³-hybridized carbons (Fsp3) is 0.500. The van der Waals surface area contributed by atoms with Gasteiger partial charge in [-0.15, -0.1) is 0 Å². The number of aryl methyl sites for hydroxylation is 1. The molecule has 3 rings (SSSR count). The number of aliphatic hydroxyl groups excluding tert-OH is 1. The standard InChI is InChI=1S/C14H19N3O/c1-9-16-13-7-11(15)3-5-14(13)17(9)8-10-2-4-12(18)6-10/h3,5,7,10,12,18H,2,4,6,8,15H2,1H3. The van der Waals surface area contributed by atoms with Crippen molar-refractivity contribution in [3.63, 3.8) is 0 Å². The van der Waals surface area contributed by atoms with Crippen molar-refractivity contribution in [3.8, 4) is 0 Å². The molecule has 0 amide bonds. The van der Waals surface area contributed by atoms with Crippen molar-refractivity contribution in [2.75, 3.05) is 5.73 Å². The van der Waals surface area contributed by atoms with Crippen molar-refractivity contribution >= 4 is 16.7 Å². The minimum atomic E-state index is -0.110. The van der Waals surface area contributed by atoms with E-state index in [0.29, 0.717) is 5.92 Å². The molecular formula is C14H19N3O. The number of benzene rings is 1. The molecule has 96 valence electrons. The summed E-state index contributed by atoms with van der Waals surface area (Å²) >= 11 is 0. The molecule has 4 heteroatoms. The van der Waals surface area contributed by atoms with E-state index in [1.807, 2.05) is 25.1 Å². The third kappa shape index (κ3) is 1.97. The third-order valence-electron chi connectivity index (χ3n) is 3.92. The van der Waals surface area contributed by atoms with E-state index in [9.17, 15) is 5.11 Å². The van der Waals surface area contributed by atoms with Gasteiger partial charge in [0.1, 0.15) is 5.82 Å². The Hall–Kier alpha value is -1.55. The summed E-state index contributed by atoms with van der Waals surface area (Å²) < 4.78 is 2.25. The summed E-state index contributed by atoms with van der Waals surface area (Å²) in [6, 6.07) is 5.88. The van der Waals surface area contributed by atoms with E-state index in [0.717, 1.165) is 48.4 Å². The normalized spacial score (nSPS) is 23.9. The molecule has 1 aliphatic rings. The molecule has 1 aliphatic carbocycles. The van der Waals surface area contributed by atoms with E-state index >= 15 is 0 Å². The molecule has 0 spiro atoms. The summed E-state index contributed by atoms with van der Waals surface area (Å²) in [5.41, 5.74) is 8.64. The van der Waals surface area contributed by atoms with E-state index in [4.69, 9.17) is 5.73 Å². The highest BCUT2D eigenvalue weighted by molar-refractivity contribution is 5.79. The van der Waals surface area contributed by atoms with Gasteiger partial charge in [0.2, 0.25) is 0 Å². The van der Waals surface area contributed by atoms with Gasteiger partial charge in [0.05, 0.1) is 17.1 Å². The molecule has 2 atom stereocenters. The lowest BCUT2D eigenvalue weighted by Crippen LogP contribution is -2.10. The SMILES string of the molecule is Cc1nc2cc(N)ccc2n1CC1CCC(O)C1. The van der Waals surface area contributed by atoms with Gasteiger partial charge in [-0.1, -0.05) is 0 Å². The van der Waals surface area contributed by atoms with E-state index in [2.05, 4.69) is 9.55 Å². The molecule has 4 nitrogen and oxygen atoms in total. The lowest BCUT2D eigenvalue weighted by Gasteiger charge is -2.12. The number of rotatable bonds is 2. The first-order valence-corrected chi connectivity index (χ1v) is 6.54. The molecule has 0 aliphatic heterocycles. The van der Waals surface area contributed by atoms with Crippen molar-refractivity contribution in [2.24, 2.45) is 5.92 Å². The number of nitrogens with two attached hydrogens (primary N) is 1. The number of aliphatic hydroxyl groups is 1. The molecule has 0 radical (unpaired) electrons. The van der Waals surface area contributed by atoms with Crippen LogP contribution in [0.1, 0.15) is 25.1 Å². The summed E-state index contributed by atoms with van der Waals surface area (Å²) in [4.78, 5) is 4.56. The van der Waals surface area contributed by atoms with E-state index in [1.165, 1.54) is 0 Å². The van der Waals surface area contributed by atoms with Crippen LogP contribution in [-0.2, 0) is 6.54 Å². The average molecular weight is 245 g/mol. The molecular weight excluding hydrogens is 226 g/mol. The zero-order valence-electron chi connectivity index (χ0n) is 10.6. The maximum atomic E-state index is 9.61. The summed E-state index contributed by atoms with van der Waals surface area (Å²) in [5, 5.41) is 9.61. The van der Waals surface area contributed by atoms with Crippen molar-refractivity contribution in [1.82, 2.24) is 9.55 Å². The Morgan fingerprint density at radius 2 is 2.28 bits per heavy atom. The number of hydrogen-bond acceptors (Lipinski definition) is 3. The van der Waals surface area contributed by atoms with Crippen molar-refractivity contribution < 1.29 is 5.11 Å². The third-order valence-corrected chi connectivity index (χ3v) is 3.92. The monoisotopic (exact) mass is 245 g/mol. The number of nitrogen functional groups attached to an aromatic ring is 1. The van der Waals surface area contributed by atoms with Crippen LogP contribution in [0.3, 0.4) is 0 Å². The summed E-state index contributed by atoms with van der Waals surface area (Å²) in [6.45, 7) is 2.98.